The topological polar surface area (TPSA) is 70.4 Å². The van der Waals surface area contributed by atoms with Gasteiger partial charge in [0.15, 0.2) is 0 Å². The highest BCUT2D eigenvalue weighted by atomic mass is 19.1. The first-order valence-electron chi connectivity index (χ1n) is 7.17. The van der Waals surface area contributed by atoms with Gasteiger partial charge in [0.25, 0.3) is 5.91 Å². The number of nitrogens with zero attached hydrogens (tertiary/aromatic N) is 1. The fourth-order valence-electron chi connectivity index (χ4n) is 2.37. The van der Waals surface area contributed by atoms with E-state index in [4.69, 9.17) is 5.84 Å². The molecule has 0 fully saturated rings. The van der Waals surface area contributed by atoms with Gasteiger partial charge < -0.3 is 10.7 Å². The molecular weight excluding hydrogens is 271 g/mol. The van der Waals surface area contributed by atoms with Crippen LogP contribution in [0.1, 0.15) is 38.1 Å². The van der Waals surface area contributed by atoms with Crippen LogP contribution >= 0.6 is 0 Å². The summed E-state index contributed by atoms with van der Waals surface area (Å²) < 4.78 is 13.5. The molecular formula is C15H25FN4O. The summed E-state index contributed by atoms with van der Waals surface area (Å²) in [4.78, 5) is 14.4. The fraction of sp³-hybridized carbons (Fsp3) is 0.533. The highest BCUT2D eigenvalue weighted by molar-refractivity contribution is 5.99. The van der Waals surface area contributed by atoms with Crippen LogP contribution in [0.3, 0.4) is 0 Å². The number of halogens is 1. The molecule has 0 aromatic heterocycles. The summed E-state index contributed by atoms with van der Waals surface area (Å²) in [7, 11) is 0. The predicted molar refractivity (Wildman–Crippen MR) is 83.5 cm³/mol. The molecule has 1 amide bonds. The number of nitrogen functional groups attached to an aromatic ring is 1. The molecule has 0 unspecified atom stereocenters. The number of nitrogens with one attached hydrogen (secondary N) is 2. The van der Waals surface area contributed by atoms with Crippen molar-refractivity contribution in [2.45, 2.75) is 39.8 Å². The van der Waals surface area contributed by atoms with Gasteiger partial charge in [0.1, 0.15) is 5.82 Å². The largest absolute Gasteiger partial charge is 0.351 e. The van der Waals surface area contributed by atoms with Crippen LogP contribution in [0.5, 0.6) is 0 Å². The summed E-state index contributed by atoms with van der Waals surface area (Å²) in [6.07, 6.45) is 0. The van der Waals surface area contributed by atoms with E-state index in [0.29, 0.717) is 18.6 Å². The molecule has 4 N–H and O–H groups in total. The van der Waals surface area contributed by atoms with E-state index in [1.807, 2.05) is 0 Å². The number of hydrazine groups is 1. The van der Waals surface area contributed by atoms with Gasteiger partial charge >= 0.3 is 0 Å². The zero-order chi connectivity index (χ0) is 16.0. The molecule has 1 aromatic rings. The van der Waals surface area contributed by atoms with Crippen molar-refractivity contribution in [3.63, 3.8) is 0 Å². The number of carbonyl (C=O) groups is 1. The zero-order valence-electron chi connectivity index (χ0n) is 13.1. The average Bonchev–Trinajstić information content (AvgIpc) is 2.42. The Kier molecular flexibility index (Phi) is 6.58. The molecule has 1 rings (SSSR count). The van der Waals surface area contributed by atoms with Crippen LogP contribution in [0.4, 0.5) is 10.1 Å². The maximum atomic E-state index is 13.5. The number of hydrogen-bond donors (Lipinski definition) is 3. The number of nitrogens with two attached hydrogens (primary N) is 1. The minimum atomic E-state index is -0.545. The first kappa shape index (κ1) is 17.4. The quantitative estimate of drug-likeness (QED) is 0.531. The van der Waals surface area contributed by atoms with Crippen LogP contribution in [-0.4, -0.2) is 36.0 Å². The molecule has 1 aromatic carbocycles. The van der Waals surface area contributed by atoms with E-state index in [1.165, 1.54) is 18.2 Å². The van der Waals surface area contributed by atoms with Gasteiger partial charge in [-0.25, -0.2) is 4.39 Å². The SMILES string of the molecule is CC(C)N(CCNC(=O)c1cccc(F)c1NN)C(C)C. The summed E-state index contributed by atoms with van der Waals surface area (Å²) in [5.41, 5.74) is 2.45. The maximum Gasteiger partial charge on any atom is 0.253 e. The first-order valence-corrected chi connectivity index (χ1v) is 7.17. The minimum Gasteiger partial charge on any atom is -0.351 e. The van der Waals surface area contributed by atoms with Gasteiger partial charge in [-0.2, -0.15) is 0 Å². The third-order valence-corrected chi connectivity index (χ3v) is 3.38. The lowest BCUT2D eigenvalue weighted by molar-refractivity contribution is 0.0940. The van der Waals surface area contributed by atoms with Crippen LogP contribution in [0.15, 0.2) is 18.2 Å². The lowest BCUT2D eigenvalue weighted by Crippen LogP contribution is -2.42. The Bertz CT molecular complexity index is 469. The Balaban J connectivity index is 2.65. The Morgan fingerprint density at radius 1 is 1.29 bits per heavy atom. The van der Waals surface area contributed by atoms with Crippen LogP contribution in [0.2, 0.25) is 0 Å². The minimum absolute atomic E-state index is 0.0135. The Labute approximate surface area is 125 Å². The number of para-hydroxylation sites is 1. The van der Waals surface area contributed by atoms with Gasteiger partial charge in [-0.1, -0.05) is 6.07 Å². The van der Waals surface area contributed by atoms with Crippen LogP contribution in [0, 0.1) is 5.82 Å². The van der Waals surface area contributed by atoms with E-state index < -0.39 is 5.82 Å². The van der Waals surface area contributed by atoms with E-state index in [1.54, 1.807) is 0 Å². The maximum absolute atomic E-state index is 13.5. The van der Waals surface area contributed by atoms with Crippen molar-refractivity contribution in [3.05, 3.63) is 29.6 Å². The number of hydrogen-bond acceptors (Lipinski definition) is 4. The second-order valence-corrected chi connectivity index (χ2v) is 5.49. The molecule has 0 aliphatic carbocycles. The van der Waals surface area contributed by atoms with Gasteiger partial charge in [-0.15, -0.1) is 0 Å². The van der Waals surface area contributed by atoms with Crippen molar-refractivity contribution >= 4 is 11.6 Å². The van der Waals surface area contributed by atoms with Crippen molar-refractivity contribution < 1.29 is 9.18 Å². The molecule has 118 valence electrons. The summed E-state index contributed by atoms with van der Waals surface area (Å²) in [6, 6.07) is 5.08. The van der Waals surface area contributed by atoms with Crippen molar-refractivity contribution in [1.29, 1.82) is 0 Å². The molecule has 0 spiro atoms. The van der Waals surface area contributed by atoms with Crippen molar-refractivity contribution in [2.75, 3.05) is 18.5 Å². The molecule has 5 nitrogen and oxygen atoms in total. The molecule has 21 heavy (non-hydrogen) atoms. The summed E-state index contributed by atoms with van der Waals surface area (Å²) in [6.45, 7) is 9.70. The summed E-state index contributed by atoms with van der Waals surface area (Å²) >= 11 is 0. The highest BCUT2D eigenvalue weighted by Gasteiger charge is 2.16. The number of amides is 1. The van der Waals surface area contributed by atoms with E-state index in [9.17, 15) is 9.18 Å². The molecule has 0 bridgehead atoms. The Morgan fingerprint density at radius 2 is 1.90 bits per heavy atom. The average molecular weight is 296 g/mol. The first-order chi connectivity index (χ1) is 9.88. The van der Waals surface area contributed by atoms with Gasteiger partial charge in [-0.05, 0) is 39.8 Å². The highest BCUT2D eigenvalue weighted by Crippen LogP contribution is 2.18. The normalized spacial score (nSPS) is 11.3. The van der Waals surface area contributed by atoms with Gasteiger partial charge in [0, 0.05) is 25.2 Å². The number of anilines is 1. The number of rotatable bonds is 7. The predicted octanol–water partition coefficient (Wildman–Crippen LogP) is 1.96. The van der Waals surface area contributed by atoms with Gasteiger partial charge in [0.2, 0.25) is 0 Å². The Morgan fingerprint density at radius 3 is 2.43 bits per heavy atom. The number of carbonyl (C=O) groups excluding carboxylic acids is 1. The van der Waals surface area contributed by atoms with Crippen molar-refractivity contribution in [3.8, 4) is 0 Å². The second-order valence-electron chi connectivity index (χ2n) is 5.49. The molecule has 0 aliphatic heterocycles. The number of benzene rings is 1. The van der Waals surface area contributed by atoms with E-state index in [0.717, 1.165) is 6.54 Å². The van der Waals surface area contributed by atoms with Crippen molar-refractivity contribution in [1.82, 2.24) is 10.2 Å². The van der Waals surface area contributed by atoms with Crippen molar-refractivity contribution in [2.24, 2.45) is 5.84 Å². The van der Waals surface area contributed by atoms with Crippen LogP contribution in [0.25, 0.3) is 0 Å². The smallest absolute Gasteiger partial charge is 0.253 e. The van der Waals surface area contributed by atoms with Gasteiger partial charge in [0.05, 0.1) is 11.3 Å². The molecule has 0 saturated carbocycles. The summed E-state index contributed by atoms with van der Waals surface area (Å²) in [5, 5.41) is 2.80. The van der Waals surface area contributed by atoms with E-state index in [-0.39, 0.29) is 17.2 Å². The fourth-order valence-corrected chi connectivity index (χ4v) is 2.37. The Hall–Kier alpha value is -1.66. The molecule has 0 radical (unpaired) electrons. The second kappa shape index (κ2) is 7.95. The summed E-state index contributed by atoms with van der Waals surface area (Å²) in [5.74, 6) is 4.38. The van der Waals surface area contributed by atoms with Crippen LogP contribution < -0.4 is 16.6 Å². The van der Waals surface area contributed by atoms with Crippen LogP contribution in [-0.2, 0) is 0 Å². The third kappa shape index (κ3) is 4.68. The monoisotopic (exact) mass is 296 g/mol. The molecule has 0 atom stereocenters. The van der Waals surface area contributed by atoms with E-state index >= 15 is 0 Å². The third-order valence-electron chi connectivity index (χ3n) is 3.38. The van der Waals surface area contributed by atoms with Gasteiger partial charge in [-0.3, -0.25) is 15.5 Å². The lowest BCUT2D eigenvalue weighted by atomic mass is 10.1. The molecule has 0 aliphatic rings. The lowest BCUT2D eigenvalue weighted by Gasteiger charge is -2.30. The zero-order valence-corrected chi connectivity index (χ0v) is 13.1. The molecule has 0 saturated heterocycles. The standard InChI is InChI=1S/C15H25FN4O/c1-10(2)20(11(3)4)9-8-18-15(21)12-6-5-7-13(16)14(12)19-17/h5-7,10-11,19H,8-9,17H2,1-4H3,(H,18,21). The molecule has 0 heterocycles. The molecule has 6 heteroatoms. The van der Waals surface area contributed by atoms with E-state index in [2.05, 4.69) is 43.3 Å².